The number of carbonyl (C=O) groups excluding carboxylic acids is 1. The summed E-state index contributed by atoms with van der Waals surface area (Å²) in [6, 6.07) is 7.32. The number of imidazole rings is 1. The second-order valence-corrected chi connectivity index (χ2v) is 12.9. The van der Waals surface area contributed by atoms with Crippen molar-refractivity contribution in [2.24, 2.45) is 0 Å². The molecule has 13 nitrogen and oxygen atoms in total. The van der Waals surface area contributed by atoms with Crippen LogP contribution in [0, 0.1) is 0 Å². The third-order valence-electron chi connectivity index (χ3n) is 6.26. The zero-order valence-corrected chi connectivity index (χ0v) is 24.5. The number of halogens is 1. The smallest absolute Gasteiger partial charge is 0.459 e. The Morgan fingerprint density at radius 3 is 2.73 bits per heavy atom. The molecule has 41 heavy (non-hydrogen) atoms. The average molecular weight is 608 g/mol. The van der Waals surface area contributed by atoms with Crippen molar-refractivity contribution in [3.8, 4) is 5.75 Å². The minimum Gasteiger partial charge on any atom is -0.462 e. The lowest BCUT2D eigenvalue weighted by molar-refractivity contribution is -0.149. The third kappa shape index (κ3) is 6.14. The number of nitrogens with two attached hydrogens (primary N) is 2. The molecule has 220 valence electrons. The number of para-hydroxylation sites is 1. The van der Waals surface area contributed by atoms with Gasteiger partial charge in [-0.1, -0.05) is 18.2 Å². The molecule has 0 aliphatic carbocycles. The van der Waals surface area contributed by atoms with E-state index in [1.807, 2.05) is 0 Å². The van der Waals surface area contributed by atoms with Crippen LogP contribution in [0.4, 0.5) is 16.2 Å². The molecule has 1 aliphatic heterocycles. The molecule has 0 amide bonds. The molecule has 0 radical (unpaired) electrons. The van der Waals surface area contributed by atoms with Gasteiger partial charge in [0.1, 0.15) is 33.5 Å². The lowest BCUT2D eigenvalue weighted by atomic mass is 10.0. The van der Waals surface area contributed by atoms with E-state index in [4.69, 9.17) is 30.0 Å². The number of benzene rings is 1. The number of thiophene rings is 1. The first-order valence-electron chi connectivity index (χ1n) is 12.8. The molecule has 2 unspecified atom stereocenters. The van der Waals surface area contributed by atoms with E-state index in [1.165, 1.54) is 31.5 Å². The van der Waals surface area contributed by atoms with Gasteiger partial charge in [0.2, 0.25) is 5.95 Å². The molecule has 1 aliphatic rings. The maximum Gasteiger partial charge on any atom is 0.459 e. The molecule has 5 atom stereocenters. The molecular formula is C25H31FN7O6PS. The number of aromatic nitrogens is 4. The van der Waals surface area contributed by atoms with Crippen molar-refractivity contribution in [3.05, 3.63) is 36.7 Å². The Hall–Kier alpha value is -3.36. The van der Waals surface area contributed by atoms with Crippen molar-refractivity contribution in [3.63, 3.8) is 0 Å². The first kappa shape index (κ1) is 29.1. The molecule has 0 spiro atoms. The number of hydrogen-bond acceptors (Lipinski definition) is 12. The van der Waals surface area contributed by atoms with Crippen LogP contribution in [-0.2, 0) is 23.4 Å². The standard InChI is InChI=1S/C25H31FN7O6PS/c1-13(2)37-22(34)14(3)32-40(35,39-15-8-6-5-7-9-15)36-11-16-10-25(4,26)23(38-16)33-12-29-21-18(33)17-19(41-21)20(27)31-24(28)30-17/h5-9,12-14,16,23H,10-11H2,1-4H3,(H,32,35)(H4,27,28,30,31)/t14-,16-,23+,25?,40?/m0/s1. The summed E-state index contributed by atoms with van der Waals surface area (Å²) in [5.74, 6) is -0.195. The summed E-state index contributed by atoms with van der Waals surface area (Å²) in [7, 11) is -4.16. The summed E-state index contributed by atoms with van der Waals surface area (Å²) >= 11 is 1.26. The van der Waals surface area contributed by atoms with Crippen LogP contribution in [0.25, 0.3) is 20.6 Å². The lowest BCUT2D eigenvalue weighted by Gasteiger charge is -2.24. The highest BCUT2D eigenvalue weighted by Gasteiger charge is 2.48. The minimum atomic E-state index is -4.16. The van der Waals surface area contributed by atoms with Crippen LogP contribution in [0.3, 0.4) is 0 Å². The van der Waals surface area contributed by atoms with Crippen molar-refractivity contribution in [1.29, 1.82) is 0 Å². The maximum absolute atomic E-state index is 16.0. The van der Waals surface area contributed by atoms with Gasteiger partial charge >= 0.3 is 13.7 Å². The third-order valence-corrected chi connectivity index (χ3v) is 9.01. The Bertz CT molecular complexity index is 1610. The quantitative estimate of drug-likeness (QED) is 0.172. The van der Waals surface area contributed by atoms with Crippen molar-refractivity contribution >= 4 is 57.4 Å². The van der Waals surface area contributed by atoms with E-state index in [9.17, 15) is 9.36 Å². The van der Waals surface area contributed by atoms with Crippen molar-refractivity contribution < 1.29 is 32.3 Å². The van der Waals surface area contributed by atoms with Gasteiger partial charge in [0, 0.05) is 6.42 Å². The molecule has 1 saturated heterocycles. The van der Waals surface area contributed by atoms with Crippen LogP contribution >= 0.6 is 19.1 Å². The van der Waals surface area contributed by atoms with Crippen molar-refractivity contribution in [1.82, 2.24) is 24.6 Å². The summed E-state index contributed by atoms with van der Waals surface area (Å²) in [4.78, 5) is 25.6. The van der Waals surface area contributed by atoms with Crippen LogP contribution in [0.15, 0.2) is 36.7 Å². The molecule has 0 saturated carbocycles. The number of esters is 1. The van der Waals surface area contributed by atoms with Gasteiger partial charge in [-0.25, -0.2) is 18.9 Å². The van der Waals surface area contributed by atoms with Gasteiger partial charge < -0.3 is 25.5 Å². The van der Waals surface area contributed by atoms with Gasteiger partial charge in [0.05, 0.1) is 29.8 Å². The monoisotopic (exact) mass is 607 g/mol. The number of alkyl halides is 1. The zero-order valence-electron chi connectivity index (χ0n) is 22.8. The van der Waals surface area contributed by atoms with E-state index in [2.05, 4.69) is 20.0 Å². The molecule has 16 heteroatoms. The summed E-state index contributed by atoms with van der Waals surface area (Å²) in [6.07, 6.45) is -0.932. The number of carbonyl (C=O) groups is 1. The van der Waals surface area contributed by atoms with Gasteiger partial charge in [0.25, 0.3) is 0 Å². The Balaban J connectivity index is 1.36. The van der Waals surface area contributed by atoms with Crippen LogP contribution in [0.5, 0.6) is 5.75 Å². The summed E-state index contributed by atoms with van der Waals surface area (Å²) in [5, 5.41) is 2.62. The highest BCUT2D eigenvalue weighted by molar-refractivity contribution is 7.52. The Morgan fingerprint density at radius 1 is 1.29 bits per heavy atom. The molecule has 0 bridgehead atoms. The van der Waals surface area contributed by atoms with Crippen LogP contribution in [0.2, 0.25) is 0 Å². The van der Waals surface area contributed by atoms with Crippen LogP contribution in [-0.4, -0.2) is 56.0 Å². The number of nitrogen functional groups attached to an aromatic ring is 2. The highest BCUT2D eigenvalue weighted by atomic mass is 32.1. The van der Waals surface area contributed by atoms with Crippen LogP contribution in [0.1, 0.15) is 40.3 Å². The minimum absolute atomic E-state index is 0.0164. The van der Waals surface area contributed by atoms with Gasteiger partial charge in [0.15, 0.2) is 11.9 Å². The van der Waals surface area contributed by atoms with E-state index >= 15 is 4.39 Å². The molecule has 1 aromatic carbocycles. The van der Waals surface area contributed by atoms with E-state index in [-0.39, 0.29) is 36.6 Å². The molecule has 5 N–H and O–H groups in total. The first-order valence-corrected chi connectivity index (χ1v) is 15.2. The fourth-order valence-corrected chi connectivity index (χ4v) is 7.05. The molecular weight excluding hydrogens is 576 g/mol. The molecule has 5 rings (SSSR count). The number of hydrogen-bond donors (Lipinski definition) is 3. The largest absolute Gasteiger partial charge is 0.462 e. The molecule has 3 aromatic heterocycles. The highest BCUT2D eigenvalue weighted by Crippen LogP contribution is 2.48. The van der Waals surface area contributed by atoms with E-state index in [0.717, 1.165) is 0 Å². The number of fused-ring (bicyclic) bond motifs is 3. The van der Waals surface area contributed by atoms with E-state index in [1.54, 1.807) is 48.7 Å². The number of nitrogens with one attached hydrogen (secondary N) is 1. The second kappa shape index (κ2) is 11.1. The predicted molar refractivity (Wildman–Crippen MR) is 152 cm³/mol. The van der Waals surface area contributed by atoms with Crippen molar-refractivity contribution in [2.75, 3.05) is 18.1 Å². The molecule has 1 fully saturated rings. The van der Waals surface area contributed by atoms with Gasteiger partial charge in [-0.2, -0.15) is 10.1 Å². The normalized spacial score (nSPS) is 23.2. The summed E-state index contributed by atoms with van der Waals surface area (Å²) < 4.78 is 54.6. The number of nitrogens with zero attached hydrogens (tertiary/aromatic N) is 4. The average Bonchev–Trinajstić information content (AvgIpc) is 3.54. The van der Waals surface area contributed by atoms with Gasteiger partial charge in [-0.05, 0) is 39.8 Å². The molecule has 4 heterocycles. The SMILES string of the molecule is CC(C)OC(=O)[C@H](C)NP(=O)(OC[C@@H]1CC(C)(F)[C@H](n2cnc3sc4c(N)nc(N)nc4c32)O1)Oc1ccccc1. The summed E-state index contributed by atoms with van der Waals surface area (Å²) in [5.41, 5.74) is 10.9. The lowest BCUT2D eigenvalue weighted by Crippen LogP contribution is -2.36. The first-order chi connectivity index (χ1) is 19.3. The fraction of sp³-hybridized carbons (Fsp3) is 0.440. The topological polar surface area (TPSA) is 179 Å². The maximum atomic E-state index is 16.0. The van der Waals surface area contributed by atoms with E-state index in [0.29, 0.717) is 20.6 Å². The van der Waals surface area contributed by atoms with E-state index < -0.39 is 37.8 Å². The number of ether oxygens (including phenoxy) is 2. The van der Waals surface area contributed by atoms with Gasteiger partial charge in [-0.3, -0.25) is 13.9 Å². The Labute approximate surface area is 238 Å². The fourth-order valence-electron chi connectivity index (χ4n) is 4.55. The number of anilines is 2. The Kier molecular flexibility index (Phi) is 7.92. The van der Waals surface area contributed by atoms with Crippen LogP contribution < -0.4 is 21.1 Å². The van der Waals surface area contributed by atoms with Gasteiger partial charge in [-0.15, -0.1) is 11.3 Å². The second-order valence-electron chi connectivity index (χ2n) is 10.2. The zero-order chi connectivity index (χ0) is 29.5. The predicted octanol–water partition coefficient (Wildman–Crippen LogP) is 4.35. The molecule has 4 aromatic rings. The van der Waals surface area contributed by atoms with Crippen molar-refractivity contribution in [2.45, 2.75) is 64.3 Å². The Morgan fingerprint density at radius 2 is 2.02 bits per heavy atom. The summed E-state index contributed by atoms with van der Waals surface area (Å²) in [6.45, 7) is 5.98. The number of rotatable bonds is 10.